The molecule has 13 nitrogen and oxygen atoms in total. The Labute approximate surface area is 398 Å². The summed E-state index contributed by atoms with van der Waals surface area (Å²) in [6, 6.07) is 22.5. The van der Waals surface area contributed by atoms with E-state index in [1.165, 1.54) is 4.90 Å². The number of carbonyl (C=O) groups excluding carboxylic acids is 5. The molecule has 67 heavy (non-hydrogen) atoms. The Morgan fingerprint density at radius 1 is 0.836 bits per heavy atom. The third-order valence-corrected chi connectivity index (χ3v) is 11.8. The number of ether oxygens (including phenoxy) is 3. The average Bonchev–Trinajstić information content (AvgIpc) is 3.28. The van der Waals surface area contributed by atoms with Gasteiger partial charge in [-0.1, -0.05) is 100 Å². The standard InChI is InChI=1S/C53H64ClN3O10/c1-8-10-11-12-39(32-44(58)37-16-14-35(15-17-37)36-18-21-40(54)22-19-36)50(61)57(7)48-38-20-24-47(65-26-9-2)42(31-38)41-29-34(30-43(51(62)63)56-49(60)33(3)28-45(48)59)13-23-46(41)66-27-25-55-52(64)67-53(4,5)6/h13-24,29,31,33,39,43,48H,8-12,25-28,30,32H2,1-7H3,(H,55,64)(H,56,60)(H,62,63)/t33-,39-,43+,48+/m1/s1. The largest absolute Gasteiger partial charge is 0.493 e. The summed E-state index contributed by atoms with van der Waals surface area (Å²) >= 11 is 6.09. The molecule has 3 amide bonds. The van der Waals surface area contributed by atoms with Crippen LogP contribution in [0, 0.1) is 11.8 Å². The van der Waals surface area contributed by atoms with Gasteiger partial charge in [0.2, 0.25) is 11.8 Å². The summed E-state index contributed by atoms with van der Waals surface area (Å²) in [4.78, 5) is 83.6. The summed E-state index contributed by atoms with van der Waals surface area (Å²) in [5.74, 6) is -3.85. The highest BCUT2D eigenvalue weighted by Crippen LogP contribution is 2.41. The van der Waals surface area contributed by atoms with Crippen molar-refractivity contribution in [3.8, 4) is 33.8 Å². The molecule has 14 heteroatoms. The molecule has 1 heterocycles. The van der Waals surface area contributed by atoms with Gasteiger partial charge in [-0.05, 0) is 92.3 Å². The van der Waals surface area contributed by atoms with Gasteiger partial charge in [0.25, 0.3) is 0 Å². The monoisotopic (exact) mass is 937 g/mol. The molecule has 1 aliphatic heterocycles. The van der Waals surface area contributed by atoms with Gasteiger partial charge in [-0.15, -0.1) is 0 Å². The maximum Gasteiger partial charge on any atom is 0.407 e. The number of unbranched alkanes of at least 4 members (excludes halogenated alkanes) is 2. The Morgan fingerprint density at radius 2 is 1.46 bits per heavy atom. The van der Waals surface area contributed by atoms with Crippen molar-refractivity contribution in [2.45, 2.75) is 111 Å². The molecule has 0 radical (unpaired) electrons. The number of hydrogen-bond acceptors (Lipinski definition) is 9. The van der Waals surface area contributed by atoms with Crippen LogP contribution in [0.25, 0.3) is 22.3 Å². The van der Waals surface area contributed by atoms with Crippen molar-refractivity contribution >= 4 is 47.0 Å². The number of aliphatic carboxylic acids is 1. The second-order valence-electron chi connectivity index (χ2n) is 18.1. The zero-order chi connectivity index (χ0) is 48.8. The smallest absolute Gasteiger partial charge is 0.407 e. The summed E-state index contributed by atoms with van der Waals surface area (Å²) in [5.41, 5.74) is 3.62. The van der Waals surface area contributed by atoms with Gasteiger partial charge in [-0.25, -0.2) is 9.59 Å². The lowest BCUT2D eigenvalue weighted by Crippen LogP contribution is -2.45. The maximum absolute atomic E-state index is 14.9. The molecule has 0 unspecified atom stereocenters. The quantitative estimate of drug-likeness (QED) is 0.0643. The zero-order valence-electron chi connectivity index (χ0n) is 39.6. The second kappa shape index (κ2) is 24.0. The fourth-order valence-corrected chi connectivity index (χ4v) is 8.14. The molecule has 0 saturated carbocycles. The van der Waals surface area contributed by atoms with E-state index >= 15 is 0 Å². The number of nitrogens with one attached hydrogen (secondary N) is 2. The number of alkyl carbamates (subject to hydrolysis) is 1. The van der Waals surface area contributed by atoms with Gasteiger partial charge in [0.15, 0.2) is 11.6 Å². The van der Waals surface area contributed by atoms with E-state index in [0.717, 1.165) is 24.0 Å². The van der Waals surface area contributed by atoms with E-state index in [1.807, 2.05) is 31.2 Å². The summed E-state index contributed by atoms with van der Waals surface area (Å²) in [5, 5.41) is 16.2. The van der Waals surface area contributed by atoms with Crippen LogP contribution in [0.5, 0.6) is 11.5 Å². The van der Waals surface area contributed by atoms with E-state index in [1.54, 1.807) is 95.4 Å². The predicted octanol–water partition coefficient (Wildman–Crippen LogP) is 10.1. The van der Waals surface area contributed by atoms with Crippen molar-refractivity contribution in [1.82, 2.24) is 15.5 Å². The van der Waals surface area contributed by atoms with E-state index in [0.29, 0.717) is 70.2 Å². The highest BCUT2D eigenvalue weighted by Gasteiger charge is 2.36. The van der Waals surface area contributed by atoms with Crippen LogP contribution in [0.2, 0.25) is 5.02 Å². The molecule has 1 aliphatic rings. The fourth-order valence-electron chi connectivity index (χ4n) is 8.02. The summed E-state index contributed by atoms with van der Waals surface area (Å²) in [7, 11) is 1.55. The zero-order valence-corrected chi connectivity index (χ0v) is 40.4. The first-order valence-corrected chi connectivity index (χ1v) is 23.5. The number of carbonyl (C=O) groups is 6. The van der Waals surface area contributed by atoms with Gasteiger partial charge in [0.1, 0.15) is 35.8 Å². The Balaban J connectivity index is 1.56. The SMILES string of the molecule is CCCCC[C@H](CC(=O)c1ccc(-c2ccc(Cl)cc2)cc1)C(=O)N(C)[C@@H]1C(=O)C[C@@H](C)C(=O)N[C@H](C(=O)O)Cc2ccc(OCCNC(=O)OC(C)(C)C)c(c2)-c2cc1ccc2OCCC. The lowest BCUT2D eigenvalue weighted by molar-refractivity contribution is -0.144. The number of likely N-dealkylation sites (N-methyl/N-ethyl adjacent to an activating group) is 1. The van der Waals surface area contributed by atoms with Gasteiger partial charge in [-0.3, -0.25) is 19.2 Å². The fraction of sp³-hybridized carbons (Fsp3) is 0.434. The molecule has 0 spiro atoms. The second-order valence-corrected chi connectivity index (χ2v) is 18.6. The number of halogens is 1. The van der Waals surface area contributed by atoms with Gasteiger partial charge in [-0.2, -0.15) is 0 Å². The van der Waals surface area contributed by atoms with Crippen molar-refractivity contribution in [2.24, 2.45) is 11.8 Å². The minimum atomic E-state index is -1.33. The molecule has 3 N–H and O–H groups in total. The molecular weight excluding hydrogens is 874 g/mol. The molecule has 358 valence electrons. The number of fused-ring (bicyclic) bond motifs is 5. The molecule has 0 aromatic heterocycles. The first-order chi connectivity index (χ1) is 31.9. The Morgan fingerprint density at radius 3 is 2.09 bits per heavy atom. The minimum absolute atomic E-state index is 0.0328. The lowest BCUT2D eigenvalue weighted by Gasteiger charge is -2.32. The van der Waals surface area contributed by atoms with Crippen LogP contribution in [0.4, 0.5) is 4.79 Å². The average molecular weight is 939 g/mol. The summed E-state index contributed by atoms with van der Waals surface area (Å²) in [6.07, 6.45) is 2.42. The minimum Gasteiger partial charge on any atom is -0.493 e. The van der Waals surface area contributed by atoms with Crippen LogP contribution < -0.4 is 20.1 Å². The number of hydrogen-bond donors (Lipinski definition) is 3. The Hall–Kier alpha value is -6.21. The van der Waals surface area contributed by atoms with Gasteiger partial charge < -0.3 is 34.9 Å². The number of amides is 3. The molecule has 5 rings (SSSR count). The van der Waals surface area contributed by atoms with E-state index in [2.05, 4.69) is 17.6 Å². The lowest BCUT2D eigenvalue weighted by atomic mass is 9.88. The maximum atomic E-state index is 14.9. The van der Waals surface area contributed by atoms with Crippen molar-refractivity contribution in [2.75, 3.05) is 26.8 Å². The molecule has 4 bridgehead atoms. The number of ketones is 2. The third kappa shape index (κ3) is 14.6. The molecule has 0 saturated heterocycles. The highest BCUT2D eigenvalue weighted by molar-refractivity contribution is 6.30. The van der Waals surface area contributed by atoms with Crippen LogP contribution >= 0.6 is 11.6 Å². The van der Waals surface area contributed by atoms with E-state index in [9.17, 15) is 33.9 Å². The number of carboxylic acids is 1. The van der Waals surface area contributed by atoms with E-state index < -0.39 is 59.2 Å². The molecule has 0 aliphatic carbocycles. The molecular formula is C53H64ClN3O10. The van der Waals surface area contributed by atoms with Crippen molar-refractivity contribution in [3.05, 3.63) is 107 Å². The topological polar surface area (TPSA) is 178 Å². The van der Waals surface area contributed by atoms with Crippen LogP contribution in [0.3, 0.4) is 0 Å². The highest BCUT2D eigenvalue weighted by atomic mass is 35.5. The number of carboxylic acid groups (broad SMARTS) is 1. The van der Waals surface area contributed by atoms with Crippen LogP contribution in [-0.2, 0) is 30.3 Å². The molecule has 4 aromatic rings. The van der Waals surface area contributed by atoms with Crippen LogP contribution in [-0.4, -0.2) is 83.9 Å². The molecule has 4 atom stereocenters. The number of rotatable bonds is 18. The van der Waals surface area contributed by atoms with Crippen LogP contribution in [0.1, 0.15) is 114 Å². The molecule has 0 fully saturated rings. The number of Topliss-reactive ketones (excluding diaryl/α,β-unsaturated/α-hetero) is 2. The van der Waals surface area contributed by atoms with Gasteiger partial charge >= 0.3 is 12.1 Å². The normalized spacial score (nSPS) is 16.7. The Bertz CT molecular complexity index is 2380. The van der Waals surface area contributed by atoms with Crippen molar-refractivity contribution in [3.63, 3.8) is 0 Å². The first kappa shape index (κ1) is 51.8. The van der Waals surface area contributed by atoms with E-state index in [4.69, 9.17) is 25.8 Å². The third-order valence-electron chi connectivity index (χ3n) is 11.5. The number of benzene rings is 4. The van der Waals surface area contributed by atoms with Crippen molar-refractivity contribution in [1.29, 1.82) is 0 Å². The van der Waals surface area contributed by atoms with Gasteiger partial charge in [0.05, 0.1) is 13.2 Å². The predicted molar refractivity (Wildman–Crippen MR) is 258 cm³/mol. The van der Waals surface area contributed by atoms with Crippen molar-refractivity contribution < 1.29 is 48.1 Å². The summed E-state index contributed by atoms with van der Waals surface area (Å²) < 4.78 is 17.9. The first-order valence-electron chi connectivity index (χ1n) is 23.1. The van der Waals surface area contributed by atoms with Crippen LogP contribution in [0.15, 0.2) is 84.9 Å². The summed E-state index contributed by atoms with van der Waals surface area (Å²) in [6.45, 7) is 11.3. The number of nitrogens with zero attached hydrogens (tertiary/aromatic N) is 1. The molecule has 4 aromatic carbocycles. The van der Waals surface area contributed by atoms with E-state index in [-0.39, 0.29) is 38.2 Å². The Kier molecular flexibility index (Phi) is 18.5. The van der Waals surface area contributed by atoms with Gasteiger partial charge in [0, 0.05) is 59.9 Å².